The first kappa shape index (κ1) is 14.9. The lowest BCUT2D eigenvalue weighted by molar-refractivity contribution is 0.253. The number of carbonyl (C=O) groups is 1. The van der Waals surface area contributed by atoms with Crippen LogP contribution in [0.25, 0.3) is 0 Å². The minimum atomic E-state index is -0.125. The summed E-state index contributed by atoms with van der Waals surface area (Å²) in [5.74, 6) is 0.751. The van der Waals surface area contributed by atoms with Gasteiger partial charge in [0.25, 0.3) is 0 Å². The average Bonchev–Trinajstić information content (AvgIpc) is 2.81. The number of hydrogen-bond acceptors (Lipinski definition) is 2. The minimum Gasteiger partial charge on any atom is -0.294 e. The molecule has 4 nitrogen and oxygen atoms in total. The molecule has 1 aromatic carbocycles. The van der Waals surface area contributed by atoms with Crippen LogP contribution in [0.2, 0.25) is 5.02 Å². The van der Waals surface area contributed by atoms with E-state index in [9.17, 15) is 4.79 Å². The van der Waals surface area contributed by atoms with Gasteiger partial charge in [-0.1, -0.05) is 37.8 Å². The van der Waals surface area contributed by atoms with Crippen molar-refractivity contribution in [3.05, 3.63) is 29.3 Å². The summed E-state index contributed by atoms with van der Waals surface area (Å²) in [4.78, 5) is 18.0. The number of carbonyl (C=O) groups excluding carboxylic acids is 1. The van der Waals surface area contributed by atoms with E-state index in [-0.39, 0.29) is 6.03 Å². The zero-order chi connectivity index (χ0) is 14.4. The van der Waals surface area contributed by atoms with E-state index in [0.717, 1.165) is 24.5 Å². The molecule has 5 heteroatoms. The number of amidine groups is 1. The molecule has 1 aliphatic rings. The number of benzene rings is 1. The summed E-state index contributed by atoms with van der Waals surface area (Å²) >= 11 is 5.85. The number of unbranched alkanes of at least 4 members (excludes halogenated alkanes) is 3. The van der Waals surface area contributed by atoms with Gasteiger partial charge in [-0.15, -0.1) is 0 Å². The highest BCUT2D eigenvalue weighted by Gasteiger charge is 2.26. The largest absolute Gasteiger partial charge is 0.327 e. The SMILES string of the molecule is CCCCCCN=C1CN(c2ccc(Cl)cc2)C(=O)N1. The summed E-state index contributed by atoms with van der Waals surface area (Å²) < 4.78 is 0. The summed E-state index contributed by atoms with van der Waals surface area (Å²) in [5.41, 5.74) is 0.836. The second kappa shape index (κ2) is 7.29. The third-order valence-corrected chi connectivity index (χ3v) is 3.51. The molecule has 0 radical (unpaired) electrons. The Hall–Kier alpha value is -1.55. The smallest absolute Gasteiger partial charge is 0.294 e. The van der Waals surface area contributed by atoms with Crippen LogP contribution in [0.5, 0.6) is 0 Å². The molecule has 1 saturated heterocycles. The summed E-state index contributed by atoms with van der Waals surface area (Å²) in [6.45, 7) is 3.48. The van der Waals surface area contributed by atoms with E-state index in [1.54, 1.807) is 17.0 Å². The maximum absolute atomic E-state index is 11.9. The molecule has 1 N–H and O–H groups in total. The maximum atomic E-state index is 11.9. The fourth-order valence-electron chi connectivity index (χ4n) is 2.12. The van der Waals surface area contributed by atoms with Gasteiger partial charge in [0.2, 0.25) is 0 Å². The molecule has 20 heavy (non-hydrogen) atoms. The molecule has 1 aromatic rings. The molecule has 0 atom stereocenters. The number of urea groups is 1. The maximum Gasteiger partial charge on any atom is 0.327 e. The zero-order valence-electron chi connectivity index (χ0n) is 11.7. The molecule has 108 valence electrons. The summed E-state index contributed by atoms with van der Waals surface area (Å²) in [7, 11) is 0. The molecule has 1 fully saturated rings. The van der Waals surface area contributed by atoms with Crippen molar-refractivity contribution in [3.8, 4) is 0 Å². The number of nitrogens with one attached hydrogen (secondary N) is 1. The van der Waals surface area contributed by atoms with Crippen molar-refractivity contribution in [1.29, 1.82) is 0 Å². The van der Waals surface area contributed by atoms with Crippen molar-refractivity contribution in [1.82, 2.24) is 5.32 Å². The van der Waals surface area contributed by atoms with E-state index in [1.165, 1.54) is 19.3 Å². The van der Waals surface area contributed by atoms with Gasteiger partial charge in [-0.05, 0) is 30.7 Å². The van der Waals surface area contributed by atoms with E-state index >= 15 is 0 Å². The van der Waals surface area contributed by atoms with Gasteiger partial charge in [-0.2, -0.15) is 0 Å². The lowest BCUT2D eigenvalue weighted by Crippen LogP contribution is -2.27. The van der Waals surface area contributed by atoms with E-state index in [0.29, 0.717) is 11.6 Å². The molecule has 1 aliphatic heterocycles. The Morgan fingerprint density at radius 3 is 2.70 bits per heavy atom. The van der Waals surface area contributed by atoms with Crippen molar-refractivity contribution < 1.29 is 4.79 Å². The summed E-state index contributed by atoms with van der Waals surface area (Å²) in [6.07, 6.45) is 4.74. The van der Waals surface area contributed by atoms with Crippen molar-refractivity contribution in [2.75, 3.05) is 18.0 Å². The van der Waals surface area contributed by atoms with Crippen molar-refractivity contribution in [3.63, 3.8) is 0 Å². The molecule has 0 bridgehead atoms. The fourth-order valence-corrected chi connectivity index (χ4v) is 2.25. The number of nitrogens with zero attached hydrogens (tertiary/aromatic N) is 2. The summed E-state index contributed by atoms with van der Waals surface area (Å²) in [5, 5.41) is 3.48. The third kappa shape index (κ3) is 3.97. The predicted octanol–water partition coefficient (Wildman–Crippen LogP) is 3.85. The van der Waals surface area contributed by atoms with E-state index in [2.05, 4.69) is 17.2 Å². The number of amides is 2. The van der Waals surface area contributed by atoms with Gasteiger partial charge in [0.1, 0.15) is 5.84 Å². The van der Waals surface area contributed by atoms with Crippen molar-refractivity contribution >= 4 is 29.2 Å². The van der Waals surface area contributed by atoms with Crippen LogP contribution in [0.1, 0.15) is 32.6 Å². The van der Waals surface area contributed by atoms with Crippen molar-refractivity contribution in [2.45, 2.75) is 32.6 Å². The number of hydrogen-bond donors (Lipinski definition) is 1. The van der Waals surface area contributed by atoms with Gasteiger partial charge in [0.15, 0.2) is 0 Å². The van der Waals surface area contributed by atoms with Crippen LogP contribution >= 0.6 is 11.6 Å². The first-order chi connectivity index (χ1) is 9.70. The van der Waals surface area contributed by atoms with Gasteiger partial charge >= 0.3 is 6.03 Å². The van der Waals surface area contributed by atoms with Gasteiger partial charge in [-0.3, -0.25) is 15.2 Å². The Kier molecular flexibility index (Phi) is 5.41. The highest BCUT2D eigenvalue weighted by Crippen LogP contribution is 2.19. The first-order valence-corrected chi connectivity index (χ1v) is 7.46. The predicted molar refractivity (Wildman–Crippen MR) is 83.8 cm³/mol. The van der Waals surface area contributed by atoms with Crippen LogP contribution in [0.3, 0.4) is 0 Å². The van der Waals surface area contributed by atoms with E-state index in [1.807, 2.05) is 12.1 Å². The number of rotatable bonds is 6. The molecule has 0 saturated carbocycles. The zero-order valence-corrected chi connectivity index (χ0v) is 12.5. The Bertz CT molecular complexity index is 484. The van der Waals surface area contributed by atoms with Crippen LogP contribution in [-0.4, -0.2) is 25.0 Å². The molecule has 0 aromatic heterocycles. The van der Waals surface area contributed by atoms with Gasteiger partial charge in [0, 0.05) is 17.3 Å². The lowest BCUT2D eigenvalue weighted by Gasteiger charge is -2.12. The van der Waals surface area contributed by atoms with Crippen LogP contribution in [0.4, 0.5) is 10.5 Å². The van der Waals surface area contributed by atoms with E-state index < -0.39 is 0 Å². The van der Waals surface area contributed by atoms with E-state index in [4.69, 9.17) is 11.6 Å². The minimum absolute atomic E-state index is 0.125. The Morgan fingerprint density at radius 1 is 1.25 bits per heavy atom. The molecule has 2 amide bonds. The monoisotopic (exact) mass is 293 g/mol. The Balaban J connectivity index is 1.90. The van der Waals surface area contributed by atoms with Gasteiger partial charge in [0.05, 0.1) is 6.54 Å². The van der Waals surface area contributed by atoms with Gasteiger partial charge < -0.3 is 0 Å². The second-order valence-corrected chi connectivity index (χ2v) is 5.32. The molecule has 0 spiro atoms. The Labute approximate surface area is 124 Å². The average molecular weight is 294 g/mol. The first-order valence-electron chi connectivity index (χ1n) is 7.08. The van der Waals surface area contributed by atoms with Crippen LogP contribution in [0.15, 0.2) is 29.3 Å². The number of aliphatic imine (C=N–C) groups is 1. The van der Waals surface area contributed by atoms with Crippen LogP contribution < -0.4 is 10.2 Å². The summed E-state index contributed by atoms with van der Waals surface area (Å²) in [6, 6.07) is 7.12. The quantitative estimate of drug-likeness (QED) is 0.796. The standard InChI is InChI=1S/C15H20ClN3O/c1-2-3-4-5-10-17-14-11-19(15(20)18-14)13-8-6-12(16)7-9-13/h6-9H,2-5,10-11H2,1H3,(H,17,18,20). The van der Waals surface area contributed by atoms with Crippen LogP contribution in [-0.2, 0) is 0 Å². The lowest BCUT2D eigenvalue weighted by atomic mass is 10.2. The van der Waals surface area contributed by atoms with Gasteiger partial charge in [-0.25, -0.2) is 4.79 Å². The molecular formula is C15H20ClN3O. The molecule has 1 heterocycles. The number of anilines is 1. The molecule has 0 unspecified atom stereocenters. The third-order valence-electron chi connectivity index (χ3n) is 3.26. The highest BCUT2D eigenvalue weighted by atomic mass is 35.5. The van der Waals surface area contributed by atoms with Crippen molar-refractivity contribution in [2.24, 2.45) is 4.99 Å². The topological polar surface area (TPSA) is 44.7 Å². The Morgan fingerprint density at radius 2 is 2.00 bits per heavy atom. The molecular weight excluding hydrogens is 274 g/mol. The fraction of sp³-hybridized carbons (Fsp3) is 0.467. The second-order valence-electron chi connectivity index (χ2n) is 4.88. The normalized spacial score (nSPS) is 16.8. The highest BCUT2D eigenvalue weighted by molar-refractivity contribution is 6.30. The molecule has 0 aliphatic carbocycles. The number of halogens is 1. The van der Waals surface area contributed by atoms with Crippen LogP contribution in [0, 0.1) is 0 Å². The molecule has 2 rings (SSSR count).